The number of ether oxygens (including phenoxy) is 1. The third kappa shape index (κ3) is 3.70. The van der Waals surface area contributed by atoms with Crippen LogP contribution in [-0.2, 0) is 9.84 Å². The minimum absolute atomic E-state index is 0.160. The lowest BCUT2D eigenvalue weighted by atomic mass is 10.0. The van der Waals surface area contributed by atoms with Gasteiger partial charge in [0.25, 0.3) is 0 Å². The highest BCUT2D eigenvalue weighted by molar-refractivity contribution is 9.10. The number of sulfone groups is 1. The number of halogens is 1. The van der Waals surface area contributed by atoms with E-state index in [0.717, 1.165) is 22.2 Å². The Morgan fingerprint density at radius 1 is 1.50 bits per heavy atom. The van der Waals surface area contributed by atoms with Gasteiger partial charge in [0.1, 0.15) is 15.6 Å². The van der Waals surface area contributed by atoms with Crippen molar-refractivity contribution in [1.29, 1.82) is 0 Å². The fraction of sp³-hybridized carbons (Fsp3) is 0.500. The molecule has 1 aliphatic heterocycles. The second kappa shape index (κ2) is 5.59. The number of nitrogens with one attached hydrogen (secondary N) is 1. The highest BCUT2D eigenvalue weighted by atomic mass is 79.9. The molecule has 1 aromatic rings. The first-order valence-electron chi connectivity index (χ1n) is 5.79. The van der Waals surface area contributed by atoms with Crippen molar-refractivity contribution in [2.24, 2.45) is 0 Å². The van der Waals surface area contributed by atoms with E-state index < -0.39 is 9.84 Å². The van der Waals surface area contributed by atoms with Crippen LogP contribution in [0.2, 0.25) is 0 Å². The summed E-state index contributed by atoms with van der Waals surface area (Å²) in [4.78, 5) is 0. The van der Waals surface area contributed by atoms with Crippen molar-refractivity contribution in [2.75, 3.05) is 25.2 Å². The summed E-state index contributed by atoms with van der Waals surface area (Å²) >= 11 is 3.44. The molecule has 100 valence electrons. The van der Waals surface area contributed by atoms with Gasteiger partial charge in [0.15, 0.2) is 0 Å². The molecule has 0 aliphatic carbocycles. The van der Waals surface area contributed by atoms with Crippen LogP contribution in [0, 0.1) is 0 Å². The van der Waals surface area contributed by atoms with Gasteiger partial charge in [-0.25, -0.2) is 8.42 Å². The third-order valence-corrected chi connectivity index (χ3v) is 4.31. The van der Waals surface area contributed by atoms with Gasteiger partial charge >= 0.3 is 0 Å². The van der Waals surface area contributed by atoms with Crippen LogP contribution in [0.25, 0.3) is 0 Å². The highest BCUT2D eigenvalue weighted by Crippen LogP contribution is 2.33. The molecule has 1 aliphatic rings. The molecule has 4 nitrogen and oxygen atoms in total. The Bertz CT molecular complexity index is 530. The highest BCUT2D eigenvalue weighted by Gasteiger charge is 2.21. The van der Waals surface area contributed by atoms with Crippen LogP contribution in [0.1, 0.15) is 18.0 Å². The van der Waals surface area contributed by atoms with Gasteiger partial charge in [-0.3, -0.25) is 0 Å². The summed E-state index contributed by atoms with van der Waals surface area (Å²) in [6.07, 6.45) is 2.11. The van der Waals surface area contributed by atoms with Crippen molar-refractivity contribution in [1.82, 2.24) is 5.32 Å². The van der Waals surface area contributed by atoms with Crippen molar-refractivity contribution >= 4 is 25.8 Å². The largest absolute Gasteiger partial charge is 0.493 e. The van der Waals surface area contributed by atoms with E-state index in [9.17, 15) is 8.42 Å². The standard InChI is InChI=1S/C12H16BrNO3S/c1-18(15,16)7-5-14-11-4-6-17-12-3-2-9(13)8-10(11)12/h2-3,8,11,14H,4-7H2,1H3. The summed E-state index contributed by atoms with van der Waals surface area (Å²) in [7, 11) is -2.91. The van der Waals surface area contributed by atoms with E-state index in [-0.39, 0.29) is 11.8 Å². The molecular formula is C12H16BrNO3S. The summed E-state index contributed by atoms with van der Waals surface area (Å²) in [5.74, 6) is 1.04. The van der Waals surface area contributed by atoms with Crippen LogP contribution in [-0.4, -0.2) is 33.6 Å². The monoisotopic (exact) mass is 333 g/mol. The van der Waals surface area contributed by atoms with Crippen LogP contribution in [0.4, 0.5) is 0 Å². The number of hydrogen-bond donors (Lipinski definition) is 1. The summed E-state index contributed by atoms with van der Waals surface area (Å²) < 4.78 is 28.8. The molecule has 1 N–H and O–H groups in total. The maximum atomic E-state index is 11.1. The molecule has 6 heteroatoms. The summed E-state index contributed by atoms with van der Waals surface area (Å²) in [5, 5.41) is 3.28. The molecule has 0 spiro atoms. The van der Waals surface area contributed by atoms with Gasteiger partial charge < -0.3 is 10.1 Å². The molecule has 0 aromatic heterocycles. The van der Waals surface area contributed by atoms with E-state index in [1.165, 1.54) is 6.26 Å². The summed E-state index contributed by atoms with van der Waals surface area (Å²) in [6, 6.07) is 6.06. The van der Waals surface area contributed by atoms with E-state index in [2.05, 4.69) is 21.2 Å². The molecule has 2 rings (SSSR count). The Morgan fingerprint density at radius 3 is 3.00 bits per heavy atom. The maximum Gasteiger partial charge on any atom is 0.148 e. The molecule has 0 bridgehead atoms. The number of rotatable bonds is 4. The molecule has 0 amide bonds. The molecule has 0 saturated carbocycles. The SMILES string of the molecule is CS(=O)(=O)CCNC1CCOc2ccc(Br)cc21. The van der Waals surface area contributed by atoms with Crippen LogP contribution in [0.15, 0.2) is 22.7 Å². The number of hydrogen-bond acceptors (Lipinski definition) is 4. The molecule has 18 heavy (non-hydrogen) atoms. The smallest absolute Gasteiger partial charge is 0.148 e. The quantitative estimate of drug-likeness (QED) is 0.914. The fourth-order valence-corrected chi connectivity index (χ4v) is 2.86. The van der Waals surface area contributed by atoms with Gasteiger partial charge in [0.05, 0.1) is 12.4 Å². The maximum absolute atomic E-state index is 11.1. The van der Waals surface area contributed by atoms with Gasteiger partial charge in [-0.1, -0.05) is 15.9 Å². The predicted molar refractivity (Wildman–Crippen MR) is 74.7 cm³/mol. The van der Waals surface area contributed by atoms with E-state index in [1.807, 2.05) is 18.2 Å². The van der Waals surface area contributed by atoms with Crippen LogP contribution < -0.4 is 10.1 Å². The first kappa shape index (κ1) is 13.8. The lowest BCUT2D eigenvalue weighted by Crippen LogP contribution is -2.30. The van der Waals surface area contributed by atoms with E-state index in [1.54, 1.807) is 0 Å². The Morgan fingerprint density at radius 2 is 2.28 bits per heavy atom. The van der Waals surface area contributed by atoms with Gasteiger partial charge in [-0.15, -0.1) is 0 Å². The van der Waals surface area contributed by atoms with Crippen LogP contribution in [0.5, 0.6) is 5.75 Å². The average Bonchev–Trinajstić information content (AvgIpc) is 2.28. The Hall–Kier alpha value is -0.590. The topological polar surface area (TPSA) is 55.4 Å². The fourth-order valence-electron chi connectivity index (χ4n) is 2.00. The minimum atomic E-state index is -2.91. The van der Waals surface area contributed by atoms with Gasteiger partial charge in [-0.2, -0.15) is 0 Å². The molecule has 1 aromatic carbocycles. The summed E-state index contributed by atoms with van der Waals surface area (Å²) in [5.41, 5.74) is 1.09. The average molecular weight is 334 g/mol. The Balaban J connectivity index is 2.05. The third-order valence-electron chi connectivity index (χ3n) is 2.87. The first-order valence-corrected chi connectivity index (χ1v) is 8.64. The van der Waals surface area contributed by atoms with Gasteiger partial charge in [-0.05, 0) is 18.2 Å². The Labute approximate surface area is 116 Å². The summed E-state index contributed by atoms with van der Waals surface area (Å²) in [6.45, 7) is 1.13. The molecule has 1 heterocycles. The Kier molecular flexibility index (Phi) is 4.29. The van der Waals surface area contributed by atoms with E-state index in [0.29, 0.717) is 13.2 Å². The van der Waals surface area contributed by atoms with Crippen molar-refractivity contribution in [3.05, 3.63) is 28.2 Å². The van der Waals surface area contributed by atoms with Crippen LogP contribution >= 0.6 is 15.9 Å². The van der Waals surface area contributed by atoms with Crippen LogP contribution in [0.3, 0.4) is 0 Å². The lowest BCUT2D eigenvalue weighted by molar-refractivity contribution is 0.254. The van der Waals surface area contributed by atoms with Gasteiger partial charge in [0, 0.05) is 35.3 Å². The molecular weight excluding hydrogens is 318 g/mol. The van der Waals surface area contributed by atoms with Crippen molar-refractivity contribution in [2.45, 2.75) is 12.5 Å². The van der Waals surface area contributed by atoms with E-state index >= 15 is 0 Å². The number of fused-ring (bicyclic) bond motifs is 1. The van der Waals surface area contributed by atoms with Gasteiger partial charge in [0.2, 0.25) is 0 Å². The van der Waals surface area contributed by atoms with E-state index in [4.69, 9.17) is 4.74 Å². The lowest BCUT2D eigenvalue weighted by Gasteiger charge is -2.27. The predicted octanol–water partition coefficient (Wildman–Crippen LogP) is 1.91. The zero-order chi connectivity index (χ0) is 13.2. The molecule has 0 radical (unpaired) electrons. The second-order valence-corrected chi connectivity index (χ2v) is 7.63. The van der Waals surface area contributed by atoms with Crippen molar-refractivity contribution in [3.63, 3.8) is 0 Å². The normalized spacial score (nSPS) is 19.1. The minimum Gasteiger partial charge on any atom is -0.493 e. The van der Waals surface area contributed by atoms with Crippen molar-refractivity contribution in [3.8, 4) is 5.75 Å². The number of benzene rings is 1. The molecule has 0 fully saturated rings. The zero-order valence-corrected chi connectivity index (χ0v) is 12.6. The second-order valence-electron chi connectivity index (χ2n) is 4.46. The first-order chi connectivity index (χ1) is 8.46. The molecule has 0 saturated heterocycles. The zero-order valence-electron chi connectivity index (χ0n) is 10.1. The van der Waals surface area contributed by atoms with Crippen molar-refractivity contribution < 1.29 is 13.2 Å². The molecule has 1 atom stereocenters. The molecule has 1 unspecified atom stereocenters.